The molecule has 0 unspecified atom stereocenters. The molecule has 2 aliphatic heterocycles. The molecule has 2 fully saturated rings. The molecule has 16 atom stereocenters. The van der Waals surface area contributed by atoms with Crippen molar-refractivity contribution < 1.29 is 81.8 Å². The van der Waals surface area contributed by atoms with Crippen LogP contribution in [0, 0.1) is 41.4 Å². The van der Waals surface area contributed by atoms with Crippen LogP contribution in [0.2, 0.25) is 0 Å². The first kappa shape index (κ1) is 92.1. The number of allylic oxidation sites excluding steroid dienone is 1. The fourth-order valence-corrected chi connectivity index (χ4v) is 12.2. The first-order valence-corrected chi connectivity index (χ1v) is 37.8. The van der Waals surface area contributed by atoms with Gasteiger partial charge in [0.2, 0.25) is 76.8 Å². The Labute approximate surface area is 629 Å². The van der Waals surface area contributed by atoms with E-state index in [1.165, 1.54) is 31.7 Å². The maximum absolute atomic E-state index is 15.0. The van der Waals surface area contributed by atoms with Gasteiger partial charge < -0.3 is 90.0 Å². The first-order chi connectivity index (χ1) is 50.2. The summed E-state index contributed by atoms with van der Waals surface area (Å²) in [5.41, 5.74) is 11.8. The van der Waals surface area contributed by atoms with Gasteiger partial charge in [-0.3, -0.25) is 67.1 Å². The molecule has 0 aromatic heterocycles. The van der Waals surface area contributed by atoms with Gasteiger partial charge in [-0.25, -0.2) is 4.79 Å². The molecule has 2 saturated heterocycles. The number of carbonyl (C=O) groups excluding carboxylic acids is 15. The zero-order chi connectivity index (χ0) is 80.9. The molecule has 2 heterocycles. The molecule has 32 heteroatoms. The number of esters is 1. The topological polar surface area (TPSA) is 485 Å². The van der Waals surface area contributed by atoms with E-state index in [2.05, 4.69) is 63.8 Å². The molecule has 0 bridgehead atoms. The summed E-state index contributed by atoms with van der Waals surface area (Å²) in [6.07, 6.45) is -0.206. The van der Waals surface area contributed by atoms with Crippen molar-refractivity contribution in [2.45, 2.75) is 279 Å². The minimum Gasteiger partial charge on any atom is -0.458 e. The van der Waals surface area contributed by atoms with Gasteiger partial charge in [0.1, 0.15) is 84.3 Å². The molecule has 0 saturated carbocycles. The van der Waals surface area contributed by atoms with E-state index in [9.17, 15) is 67.4 Å². The SMILES string of the molecule is C/C=C1\NC(=O)[C@H](Cc2ccccc2)NC(=O)[C@@H](C(C)C)NC(=O)[C@@H]([C@H](C)CC)NC(=O)[C@H](NC(=O)[C@H](NC(=O)[C@H](CCCN)NC(=O)[C@H]2CCCN2C(=O)[C@H](NC(=O)[C@H](CCC(N)=O)NC(=O)[C@@H](NC(=O)[C@H](NC(=O)CCCC(C)C)C(C)C)[C@@H](C)O)C(C)C)[C@H](C)CC)[C@H](C)OC(=O)[C@H](C(C)C)NC1=O. The van der Waals surface area contributed by atoms with E-state index in [0.717, 1.165) is 6.42 Å². The van der Waals surface area contributed by atoms with Crippen LogP contribution in [0.25, 0.3) is 0 Å². The minimum atomic E-state index is -1.85. The van der Waals surface area contributed by atoms with Gasteiger partial charge in [0, 0.05) is 25.8 Å². The number of cyclic esters (lactones) is 1. The zero-order valence-electron chi connectivity index (χ0n) is 65.6. The molecular weight excluding hydrogens is 1380 g/mol. The van der Waals surface area contributed by atoms with Crippen LogP contribution in [0.1, 0.15) is 194 Å². The minimum absolute atomic E-state index is 0.0136. The van der Waals surface area contributed by atoms with Crippen molar-refractivity contribution in [1.29, 1.82) is 0 Å². The van der Waals surface area contributed by atoms with Crippen molar-refractivity contribution in [3.8, 4) is 0 Å². The number of amides is 14. The van der Waals surface area contributed by atoms with Gasteiger partial charge >= 0.3 is 5.97 Å². The van der Waals surface area contributed by atoms with Crippen LogP contribution in [-0.2, 0) is 83.1 Å². The van der Waals surface area contributed by atoms with Gasteiger partial charge in [0.15, 0.2) is 0 Å². The number of aliphatic hydroxyl groups is 1. The zero-order valence-corrected chi connectivity index (χ0v) is 65.6. The molecule has 1 aromatic carbocycles. The number of hydrogen-bond donors (Lipinski definition) is 15. The Bertz CT molecular complexity index is 3250. The standard InChI is InChI=1S/C75H123N15O17/c1-18-43(14)59(71(102)89-62-46(17)107-75(106)58(42(12)13)85-63(94)48(20-3)78-66(97)51(37-47-28-22-21-23-29-47)81-68(99)56(40(8)9)83-70(101)60(44(15)19-2)87-73(62)104)86-64(95)49(30-25-35-76)79-67(98)52-31-26-36-90(52)74(105)57(41(10)11)84-65(96)50(33-34-53(77)92)80-72(103)61(45(16)91)88-69(100)55(39(6)7)82-54(93)32-24-27-38(4)5/h20-23,28-29,38-46,49-52,55-62,91H,18-19,24-27,30-37,76H2,1-17H3,(H2,77,92)(H,78,97)(H,79,98)(H,80,103)(H,81,99)(H,82,93)(H,83,101)(H,84,96)(H,85,94)(H,86,95)(H,87,104)(H,88,100)(H,89,102)/b48-20-/t43-,44-,45-,46+,49+,50+,51+,52-,55-,56-,57-,58+,59-,60-,61+,62-/m1/s1. The van der Waals surface area contributed by atoms with E-state index < -0.39 is 209 Å². The van der Waals surface area contributed by atoms with Crippen LogP contribution in [0.3, 0.4) is 0 Å². The summed E-state index contributed by atoms with van der Waals surface area (Å²) in [7, 11) is 0. The average Bonchev–Trinajstić information content (AvgIpc) is 1.74. The highest BCUT2D eigenvalue weighted by Crippen LogP contribution is 2.23. The molecule has 107 heavy (non-hydrogen) atoms. The van der Waals surface area contributed by atoms with Crippen molar-refractivity contribution in [2.75, 3.05) is 13.1 Å². The molecule has 14 amide bonds. The number of carbonyl (C=O) groups is 15. The van der Waals surface area contributed by atoms with Gasteiger partial charge in [-0.2, -0.15) is 0 Å². The Kier molecular flexibility index (Phi) is 38.7. The fraction of sp³-hybridized carbons (Fsp3) is 0.693. The molecule has 600 valence electrons. The van der Waals surface area contributed by atoms with E-state index in [1.54, 1.807) is 113 Å². The number of rotatable bonds is 35. The highest BCUT2D eigenvalue weighted by Gasteiger charge is 2.44. The van der Waals surface area contributed by atoms with Crippen molar-refractivity contribution in [2.24, 2.45) is 52.9 Å². The van der Waals surface area contributed by atoms with E-state index >= 15 is 9.59 Å². The summed E-state index contributed by atoms with van der Waals surface area (Å²) in [4.78, 5) is 214. The van der Waals surface area contributed by atoms with Crippen molar-refractivity contribution in [3.05, 3.63) is 47.7 Å². The van der Waals surface area contributed by atoms with Crippen LogP contribution in [0.5, 0.6) is 0 Å². The van der Waals surface area contributed by atoms with Gasteiger partial charge in [0.05, 0.1) is 6.10 Å². The van der Waals surface area contributed by atoms with Crippen molar-refractivity contribution >= 4 is 88.7 Å². The summed E-state index contributed by atoms with van der Waals surface area (Å²) in [6, 6.07) is -8.44. The smallest absolute Gasteiger partial charge is 0.329 e. The lowest BCUT2D eigenvalue weighted by Crippen LogP contribution is -2.64. The summed E-state index contributed by atoms with van der Waals surface area (Å²) in [5.74, 6) is -16.2. The van der Waals surface area contributed by atoms with Crippen LogP contribution in [-0.4, -0.2) is 196 Å². The van der Waals surface area contributed by atoms with Crippen LogP contribution < -0.4 is 75.3 Å². The molecular formula is C75H123N15O17. The Morgan fingerprint density at radius 1 is 0.617 bits per heavy atom. The molecule has 1 aromatic rings. The third-order valence-electron chi connectivity index (χ3n) is 19.3. The van der Waals surface area contributed by atoms with Gasteiger partial charge in [0.25, 0.3) is 5.91 Å². The number of hydrogen-bond acceptors (Lipinski definition) is 18. The van der Waals surface area contributed by atoms with E-state index in [0.29, 0.717) is 30.7 Å². The Hall–Kier alpha value is -9.07. The van der Waals surface area contributed by atoms with E-state index in [-0.39, 0.29) is 69.6 Å². The first-order valence-electron chi connectivity index (χ1n) is 37.8. The number of nitrogens with one attached hydrogen (secondary N) is 12. The maximum atomic E-state index is 15.0. The van der Waals surface area contributed by atoms with Gasteiger partial charge in [-0.05, 0) is 113 Å². The lowest BCUT2D eigenvalue weighted by Gasteiger charge is -2.33. The normalized spacial score (nSPS) is 22.3. The second-order valence-electron chi connectivity index (χ2n) is 30.0. The second-order valence-corrected chi connectivity index (χ2v) is 30.0. The Morgan fingerprint density at radius 2 is 1.19 bits per heavy atom. The van der Waals surface area contributed by atoms with Crippen LogP contribution in [0.15, 0.2) is 42.1 Å². The summed E-state index contributed by atoms with van der Waals surface area (Å²) in [6.45, 7) is 28.0. The van der Waals surface area contributed by atoms with Crippen LogP contribution >= 0.6 is 0 Å². The number of aliphatic hydroxyl groups excluding tert-OH is 1. The monoisotopic (exact) mass is 1510 g/mol. The number of nitrogens with two attached hydrogens (primary N) is 2. The second kappa shape index (κ2) is 44.9. The van der Waals surface area contributed by atoms with Crippen molar-refractivity contribution in [3.63, 3.8) is 0 Å². The molecule has 0 aliphatic carbocycles. The lowest BCUT2D eigenvalue weighted by molar-refractivity contribution is -0.157. The number of primary amides is 1. The Balaban J connectivity index is 2.02. The summed E-state index contributed by atoms with van der Waals surface area (Å²) in [5, 5.41) is 42.7. The number of likely N-dealkylation sites (tertiary alicyclic amines) is 1. The number of nitrogens with zero attached hydrogens (tertiary/aromatic N) is 1. The fourth-order valence-electron chi connectivity index (χ4n) is 12.2. The Morgan fingerprint density at radius 3 is 1.73 bits per heavy atom. The van der Waals surface area contributed by atoms with Crippen LogP contribution in [0.4, 0.5) is 0 Å². The molecule has 3 rings (SSSR count). The van der Waals surface area contributed by atoms with Gasteiger partial charge in [-0.15, -0.1) is 0 Å². The summed E-state index contributed by atoms with van der Waals surface area (Å²) >= 11 is 0. The number of ether oxygens (including phenoxy) is 1. The largest absolute Gasteiger partial charge is 0.458 e. The average molecular weight is 1510 g/mol. The van der Waals surface area contributed by atoms with E-state index in [1.807, 2.05) is 13.8 Å². The molecule has 2 aliphatic rings. The van der Waals surface area contributed by atoms with Crippen molar-refractivity contribution in [1.82, 2.24) is 68.7 Å². The third kappa shape index (κ3) is 28.9. The molecule has 17 N–H and O–H groups in total. The molecule has 32 nitrogen and oxygen atoms in total. The quantitative estimate of drug-likeness (QED) is 0.0324. The third-order valence-corrected chi connectivity index (χ3v) is 19.3. The highest BCUT2D eigenvalue weighted by atomic mass is 16.5. The van der Waals surface area contributed by atoms with E-state index in [4.69, 9.17) is 16.2 Å². The summed E-state index contributed by atoms with van der Waals surface area (Å²) < 4.78 is 5.95. The number of benzene rings is 1. The predicted octanol–water partition coefficient (Wildman–Crippen LogP) is 0.446. The maximum Gasteiger partial charge on any atom is 0.329 e. The molecule has 0 spiro atoms. The lowest BCUT2D eigenvalue weighted by atomic mass is 9.95. The molecule has 0 radical (unpaired) electrons. The highest BCUT2D eigenvalue weighted by molar-refractivity contribution is 6.03. The predicted molar refractivity (Wildman–Crippen MR) is 399 cm³/mol. The van der Waals surface area contributed by atoms with Gasteiger partial charge in [-0.1, -0.05) is 153 Å².